The van der Waals surface area contributed by atoms with E-state index in [1.165, 1.54) is 11.3 Å². The second kappa shape index (κ2) is 7.94. The normalized spacial score (nSPS) is 10.5. The van der Waals surface area contributed by atoms with Gasteiger partial charge in [0, 0.05) is 24.0 Å². The summed E-state index contributed by atoms with van der Waals surface area (Å²) in [6, 6.07) is 13.0. The minimum atomic E-state index is -0.582. The Hall–Kier alpha value is -2.97. The maximum atomic E-state index is 12.6. The van der Waals surface area contributed by atoms with E-state index >= 15 is 0 Å². The highest BCUT2D eigenvalue weighted by Crippen LogP contribution is 2.27. The molecule has 2 heterocycles. The Balaban J connectivity index is 1.77. The molecule has 0 spiro atoms. The van der Waals surface area contributed by atoms with Crippen LogP contribution in [0.2, 0.25) is 0 Å². The molecule has 26 heavy (non-hydrogen) atoms. The molecule has 0 aliphatic rings. The molecule has 0 radical (unpaired) electrons. The predicted molar refractivity (Wildman–Crippen MR) is 99.3 cm³/mol. The molecule has 0 unspecified atom stereocenters. The average Bonchev–Trinajstić information content (AvgIpc) is 3.31. The fourth-order valence-electron chi connectivity index (χ4n) is 2.67. The number of carbonyl (C=O) groups is 2. The molecular weight excluding hydrogens is 352 g/mol. The summed E-state index contributed by atoms with van der Waals surface area (Å²) in [6.45, 7) is 2.57. The van der Waals surface area contributed by atoms with Crippen LogP contribution in [0.5, 0.6) is 0 Å². The molecule has 0 bridgehead atoms. The number of carbonyl (C=O) groups excluding carboxylic acids is 2. The van der Waals surface area contributed by atoms with Crippen LogP contribution in [-0.4, -0.2) is 33.3 Å². The molecule has 134 valence electrons. The van der Waals surface area contributed by atoms with Crippen LogP contribution in [0, 0.1) is 0 Å². The van der Waals surface area contributed by atoms with Crippen molar-refractivity contribution in [1.29, 1.82) is 0 Å². The van der Waals surface area contributed by atoms with Crippen molar-refractivity contribution < 1.29 is 14.8 Å². The number of rotatable bonds is 6. The predicted octanol–water partition coefficient (Wildman–Crippen LogP) is 2.78. The second-order valence-corrected chi connectivity index (χ2v) is 6.39. The van der Waals surface area contributed by atoms with Crippen molar-refractivity contribution in [2.45, 2.75) is 13.5 Å². The zero-order valence-corrected chi connectivity index (χ0v) is 14.9. The highest BCUT2D eigenvalue weighted by molar-refractivity contribution is 7.12. The van der Waals surface area contributed by atoms with E-state index in [9.17, 15) is 9.59 Å². The van der Waals surface area contributed by atoms with E-state index in [1.54, 1.807) is 38.8 Å². The van der Waals surface area contributed by atoms with Gasteiger partial charge in [0.1, 0.15) is 11.4 Å². The zero-order chi connectivity index (χ0) is 18.5. The molecule has 7 nitrogen and oxygen atoms in total. The summed E-state index contributed by atoms with van der Waals surface area (Å²) in [5, 5.41) is 15.0. The number of hydrogen-bond donors (Lipinski definition) is 2. The fourth-order valence-corrected chi connectivity index (χ4v) is 3.46. The van der Waals surface area contributed by atoms with Gasteiger partial charge in [-0.05, 0) is 36.6 Å². The van der Waals surface area contributed by atoms with Gasteiger partial charge in [-0.1, -0.05) is 18.2 Å². The van der Waals surface area contributed by atoms with Crippen molar-refractivity contribution in [3.63, 3.8) is 0 Å². The van der Waals surface area contributed by atoms with Crippen molar-refractivity contribution in [3.8, 4) is 11.3 Å². The fraction of sp³-hybridized carbons (Fsp3) is 0.167. The molecule has 2 amide bonds. The number of nitrogens with one attached hydrogen (secondary N) is 1. The van der Waals surface area contributed by atoms with Crippen molar-refractivity contribution in [3.05, 3.63) is 58.9 Å². The highest BCUT2D eigenvalue weighted by atomic mass is 32.1. The Bertz CT molecular complexity index is 904. The van der Waals surface area contributed by atoms with Crippen LogP contribution >= 0.6 is 11.3 Å². The van der Waals surface area contributed by atoms with E-state index in [2.05, 4.69) is 5.10 Å². The van der Waals surface area contributed by atoms with Gasteiger partial charge < -0.3 is 4.90 Å². The smallest absolute Gasteiger partial charge is 0.285 e. The first-order valence-electron chi connectivity index (χ1n) is 8.05. The standard InChI is InChI=1S/C18H18N4O3S/c1-2-22(13-6-4-3-5-7-13)16(23)12-21-10-8-15(19-21)14-9-11-26-17(14)18(24)20-25/h3-11,25H,2,12H2,1H3,(H,20,24). The molecule has 3 aromatic rings. The van der Waals surface area contributed by atoms with Crippen molar-refractivity contribution in [2.75, 3.05) is 11.4 Å². The molecule has 0 fully saturated rings. The van der Waals surface area contributed by atoms with Crippen LogP contribution in [0.1, 0.15) is 16.6 Å². The average molecular weight is 370 g/mol. The molecule has 0 atom stereocenters. The SMILES string of the molecule is CCN(C(=O)Cn1ccc(-c2ccsc2C(=O)NO)n1)c1ccccc1. The van der Waals surface area contributed by atoms with Gasteiger partial charge in [-0.3, -0.25) is 19.5 Å². The lowest BCUT2D eigenvalue weighted by Gasteiger charge is -2.20. The summed E-state index contributed by atoms with van der Waals surface area (Å²) in [7, 11) is 0. The number of para-hydroxylation sites is 1. The molecule has 3 rings (SSSR count). The van der Waals surface area contributed by atoms with Crippen LogP contribution in [0.25, 0.3) is 11.3 Å². The minimum Gasteiger partial charge on any atom is -0.311 e. The molecule has 0 saturated heterocycles. The Kier molecular flexibility index (Phi) is 5.45. The number of hydrogen-bond acceptors (Lipinski definition) is 5. The Morgan fingerprint density at radius 3 is 2.69 bits per heavy atom. The van der Waals surface area contributed by atoms with Crippen LogP contribution in [0.15, 0.2) is 54.0 Å². The number of anilines is 1. The maximum absolute atomic E-state index is 12.6. The van der Waals surface area contributed by atoms with E-state index in [0.29, 0.717) is 22.7 Å². The quantitative estimate of drug-likeness (QED) is 0.516. The number of hydroxylamine groups is 1. The molecule has 0 aliphatic carbocycles. The van der Waals surface area contributed by atoms with Crippen LogP contribution in [0.3, 0.4) is 0 Å². The first-order valence-corrected chi connectivity index (χ1v) is 8.93. The van der Waals surface area contributed by atoms with E-state index in [-0.39, 0.29) is 12.5 Å². The number of benzene rings is 1. The molecule has 1 aromatic carbocycles. The molecular formula is C18H18N4O3S. The third-order valence-corrected chi connectivity index (χ3v) is 4.79. The van der Waals surface area contributed by atoms with E-state index in [1.807, 2.05) is 37.3 Å². The Labute approximate surface area is 154 Å². The van der Waals surface area contributed by atoms with E-state index in [4.69, 9.17) is 5.21 Å². The lowest BCUT2D eigenvalue weighted by molar-refractivity contribution is -0.119. The summed E-state index contributed by atoms with van der Waals surface area (Å²) in [5.74, 6) is -0.658. The summed E-state index contributed by atoms with van der Waals surface area (Å²) in [5.41, 5.74) is 3.66. The molecule has 2 N–H and O–H groups in total. The monoisotopic (exact) mass is 370 g/mol. The van der Waals surface area contributed by atoms with Crippen molar-refractivity contribution in [2.24, 2.45) is 0 Å². The van der Waals surface area contributed by atoms with E-state index in [0.717, 1.165) is 5.69 Å². The summed E-state index contributed by atoms with van der Waals surface area (Å²) in [6.07, 6.45) is 1.70. The molecule has 0 saturated carbocycles. The number of likely N-dealkylation sites (N-methyl/N-ethyl adjacent to an activating group) is 1. The van der Waals surface area contributed by atoms with Gasteiger partial charge in [-0.15, -0.1) is 11.3 Å². The first-order chi connectivity index (χ1) is 12.6. The number of aromatic nitrogens is 2. The largest absolute Gasteiger partial charge is 0.311 e. The van der Waals surface area contributed by atoms with Gasteiger partial charge in [0.05, 0.1) is 5.69 Å². The lowest BCUT2D eigenvalue weighted by Crippen LogP contribution is -2.33. The highest BCUT2D eigenvalue weighted by Gasteiger charge is 2.18. The molecule has 8 heteroatoms. The van der Waals surface area contributed by atoms with Gasteiger partial charge in [0.2, 0.25) is 5.91 Å². The molecule has 2 aromatic heterocycles. The summed E-state index contributed by atoms with van der Waals surface area (Å²) in [4.78, 5) is 26.4. The van der Waals surface area contributed by atoms with Crippen LogP contribution < -0.4 is 10.4 Å². The number of nitrogens with zero attached hydrogens (tertiary/aromatic N) is 3. The minimum absolute atomic E-state index is 0.0769. The Morgan fingerprint density at radius 1 is 1.23 bits per heavy atom. The number of amides is 2. The maximum Gasteiger partial charge on any atom is 0.285 e. The summed E-state index contributed by atoms with van der Waals surface area (Å²) < 4.78 is 1.54. The Morgan fingerprint density at radius 2 is 2.00 bits per heavy atom. The lowest BCUT2D eigenvalue weighted by atomic mass is 10.2. The van der Waals surface area contributed by atoms with Gasteiger partial charge in [-0.2, -0.15) is 5.10 Å². The van der Waals surface area contributed by atoms with Gasteiger partial charge in [-0.25, -0.2) is 5.48 Å². The van der Waals surface area contributed by atoms with Crippen molar-refractivity contribution in [1.82, 2.24) is 15.3 Å². The zero-order valence-electron chi connectivity index (χ0n) is 14.1. The topological polar surface area (TPSA) is 87.5 Å². The van der Waals surface area contributed by atoms with E-state index < -0.39 is 5.91 Å². The molecule has 0 aliphatic heterocycles. The van der Waals surface area contributed by atoms with Crippen molar-refractivity contribution >= 4 is 28.8 Å². The van der Waals surface area contributed by atoms with Crippen LogP contribution in [-0.2, 0) is 11.3 Å². The third-order valence-electron chi connectivity index (χ3n) is 3.87. The van der Waals surface area contributed by atoms with Gasteiger partial charge in [0.25, 0.3) is 5.91 Å². The summed E-state index contributed by atoms with van der Waals surface area (Å²) >= 11 is 1.21. The third kappa shape index (κ3) is 3.66. The number of thiophene rings is 1. The van der Waals surface area contributed by atoms with Gasteiger partial charge >= 0.3 is 0 Å². The second-order valence-electron chi connectivity index (χ2n) is 5.48. The van der Waals surface area contributed by atoms with Gasteiger partial charge in [0.15, 0.2) is 0 Å². The first kappa shape index (κ1) is 17.8. The van der Waals surface area contributed by atoms with Crippen LogP contribution in [0.4, 0.5) is 5.69 Å².